The molecule has 34 heavy (non-hydrogen) atoms. The number of anilines is 2. The highest BCUT2D eigenvalue weighted by Gasteiger charge is 2.19. The zero-order valence-electron chi connectivity index (χ0n) is 18.3. The number of benzene rings is 2. The van der Waals surface area contributed by atoms with E-state index in [0.29, 0.717) is 24.3 Å². The third-order valence-electron chi connectivity index (χ3n) is 5.28. The molecule has 0 saturated carbocycles. The molecule has 0 radical (unpaired) electrons. The fourth-order valence-corrected chi connectivity index (χ4v) is 4.06. The first-order chi connectivity index (χ1) is 16.4. The number of carbonyl (C=O) groups excluding carboxylic acids is 2. The van der Waals surface area contributed by atoms with Crippen LogP contribution in [0, 0.1) is 10.1 Å². The van der Waals surface area contributed by atoms with Gasteiger partial charge in [0.1, 0.15) is 0 Å². The molecule has 176 valence electrons. The highest BCUT2D eigenvalue weighted by Crippen LogP contribution is 2.26. The maximum atomic E-state index is 12.3. The number of nitro benzene ring substituents is 1. The fourth-order valence-electron chi connectivity index (χ4n) is 3.50. The zero-order valence-corrected chi connectivity index (χ0v) is 19.2. The number of amides is 2. The predicted octanol–water partition coefficient (Wildman–Crippen LogP) is 3.04. The number of nitrogens with zero attached hydrogens (tertiary/aromatic N) is 5. The molecule has 2 aromatic carbocycles. The highest BCUT2D eigenvalue weighted by atomic mass is 32.2. The van der Waals surface area contributed by atoms with Gasteiger partial charge in [0.2, 0.25) is 17.7 Å². The molecule has 1 aliphatic rings. The summed E-state index contributed by atoms with van der Waals surface area (Å²) in [6.45, 7) is 4.52. The molecule has 0 unspecified atom stereocenters. The third-order valence-corrected chi connectivity index (χ3v) is 6.10. The third kappa shape index (κ3) is 5.70. The normalized spacial score (nSPS) is 13.6. The molecule has 4 rings (SSSR count). The Morgan fingerprint density at radius 1 is 1.12 bits per heavy atom. The van der Waals surface area contributed by atoms with Crippen molar-refractivity contribution in [2.75, 3.05) is 42.1 Å². The summed E-state index contributed by atoms with van der Waals surface area (Å²) < 4.78 is 5.52. The molecule has 1 aromatic heterocycles. The number of aromatic nitrogens is 2. The van der Waals surface area contributed by atoms with Gasteiger partial charge in [-0.05, 0) is 30.3 Å². The van der Waals surface area contributed by atoms with Crippen molar-refractivity contribution >= 4 is 40.6 Å². The standard InChI is InChI=1S/C22H22N6O5S/c1-15(29)26-9-11-27(12-10-26)18-7-5-17(6-8-18)23-20(30)14-34-22-25-24-21(33-22)16-3-2-4-19(13-16)28(31)32/h2-8,13H,9-12,14H2,1H3,(H,23,30). The summed E-state index contributed by atoms with van der Waals surface area (Å²) in [5.41, 5.74) is 2.06. The fraction of sp³-hybridized carbons (Fsp3) is 0.273. The molecule has 0 spiro atoms. The molecule has 3 aromatic rings. The minimum atomic E-state index is -0.499. The predicted molar refractivity (Wildman–Crippen MR) is 127 cm³/mol. The molecule has 0 atom stereocenters. The van der Waals surface area contributed by atoms with Gasteiger partial charge in [0, 0.05) is 62.2 Å². The van der Waals surface area contributed by atoms with Crippen molar-refractivity contribution in [3.8, 4) is 11.5 Å². The van der Waals surface area contributed by atoms with E-state index in [4.69, 9.17) is 4.42 Å². The van der Waals surface area contributed by atoms with Gasteiger partial charge in [-0.1, -0.05) is 17.8 Å². The van der Waals surface area contributed by atoms with Gasteiger partial charge in [0.05, 0.1) is 10.7 Å². The highest BCUT2D eigenvalue weighted by molar-refractivity contribution is 7.99. The molecule has 1 saturated heterocycles. The molecular formula is C22H22N6O5S. The Kier molecular flexibility index (Phi) is 7.07. The summed E-state index contributed by atoms with van der Waals surface area (Å²) in [6.07, 6.45) is 0. The van der Waals surface area contributed by atoms with Crippen molar-refractivity contribution in [1.82, 2.24) is 15.1 Å². The van der Waals surface area contributed by atoms with Gasteiger partial charge in [-0.2, -0.15) is 0 Å². The monoisotopic (exact) mass is 482 g/mol. The van der Waals surface area contributed by atoms with E-state index in [-0.39, 0.29) is 34.4 Å². The van der Waals surface area contributed by atoms with E-state index < -0.39 is 4.92 Å². The Hall–Kier alpha value is -3.93. The topological polar surface area (TPSA) is 135 Å². The Bertz CT molecular complexity index is 1190. The maximum Gasteiger partial charge on any atom is 0.277 e. The van der Waals surface area contributed by atoms with E-state index in [0.717, 1.165) is 30.5 Å². The van der Waals surface area contributed by atoms with Crippen molar-refractivity contribution in [2.24, 2.45) is 0 Å². The molecule has 0 aliphatic carbocycles. The second-order valence-corrected chi connectivity index (χ2v) is 8.48. The first-order valence-corrected chi connectivity index (χ1v) is 11.5. The van der Waals surface area contributed by atoms with Crippen LogP contribution in [-0.2, 0) is 9.59 Å². The lowest BCUT2D eigenvalue weighted by atomic mass is 10.2. The van der Waals surface area contributed by atoms with Crippen LogP contribution in [0.4, 0.5) is 17.1 Å². The molecule has 1 fully saturated rings. The summed E-state index contributed by atoms with van der Waals surface area (Å²) in [5.74, 6) is 0.0661. The number of thioether (sulfide) groups is 1. The summed E-state index contributed by atoms with van der Waals surface area (Å²) in [5, 5.41) is 21.7. The van der Waals surface area contributed by atoms with Gasteiger partial charge >= 0.3 is 0 Å². The summed E-state index contributed by atoms with van der Waals surface area (Å²) in [4.78, 5) is 38.3. The molecule has 1 N–H and O–H groups in total. The van der Waals surface area contributed by atoms with Crippen LogP contribution in [0.15, 0.2) is 58.2 Å². The van der Waals surface area contributed by atoms with Crippen molar-refractivity contribution in [3.05, 3.63) is 58.6 Å². The average Bonchev–Trinajstić information content (AvgIpc) is 3.33. The number of carbonyl (C=O) groups is 2. The smallest absolute Gasteiger partial charge is 0.277 e. The van der Waals surface area contributed by atoms with Gasteiger partial charge in [0.25, 0.3) is 10.9 Å². The summed E-state index contributed by atoms with van der Waals surface area (Å²) in [7, 11) is 0. The summed E-state index contributed by atoms with van der Waals surface area (Å²) in [6, 6.07) is 13.4. The van der Waals surface area contributed by atoms with Crippen LogP contribution in [0.1, 0.15) is 6.92 Å². The molecule has 11 nitrogen and oxygen atoms in total. The van der Waals surface area contributed by atoms with Crippen molar-refractivity contribution < 1.29 is 18.9 Å². The zero-order chi connectivity index (χ0) is 24.1. The minimum absolute atomic E-state index is 0.0608. The number of piperazine rings is 1. The van der Waals surface area contributed by atoms with Crippen LogP contribution in [0.25, 0.3) is 11.5 Å². The van der Waals surface area contributed by atoms with Crippen LogP contribution in [-0.4, -0.2) is 63.8 Å². The maximum absolute atomic E-state index is 12.3. The van der Waals surface area contributed by atoms with Crippen LogP contribution in [0.5, 0.6) is 0 Å². The number of hydrogen-bond donors (Lipinski definition) is 1. The Labute approximate surface area is 199 Å². The number of nitro groups is 1. The van der Waals surface area contributed by atoms with E-state index in [1.807, 2.05) is 29.2 Å². The van der Waals surface area contributed by atoms with Crippen molar-refractivity contribution in [1.29, 1.82) is 0 Å². The lowest BCUT2D eigenvalue weighted by Crippen LogP contribution is -2.48. The lowest BCUT2D eigenvalue weighted by Gasteiger charge is -2.35. The summed E-state index contributed by atoms with van der Waals surface area (Å²) >= 11 is 1.08. The van der Waals surface area contributed by atoms with Crippen LogP contribution in [0.3, 0.4) is 0 Å². The van der Waals surface area contributed by atoms with E-state index in [9.17, 15) is 19.7 Å². The van der Waals surface area contributed by atoms with Gasteiger partial charge in [0.15, 0.2) is 0 Å². The van der Waals surface area contributed by atoms with Crippen molar-refractivity contribution in [2.45, 2.75) is 12.1 Å². The van der Waals surface area contributed by atoms with Crippen LogP contribution >= 0.6 is 11.8 Å². The number of nitrogens with one attached hydrogen (secondary N) is 1. The average molecular weight is 483 g/mol. The molecule has 0 bridgehead atoms. The van der Waals surface area contributed by atoms with E-state index in [1.165, 1.54) is 18.2 Å². The number of hydrogen-bond acceptors (Lipinski definition) is 9. The molecule has 1 aliphatic heterocycles. The second-order valence-electron chi connectivity index (χ2n) is 7.56. The van der Waals surface area contributed by atoms with E-state index in [1.54, 1.807) is 13.0 Å². The SMILES string of the molecule is CC(=O)N1CCN(c2ccc(NC(=O)CSc3nnc(-c4cccc([N+](=O)[O-])c4)o3)cc2)CC1. The Balaban J connectivity index is 1.27. The van der Waals surface area contributed by atoms with Gasteiger partial charge in [-0.3, -0.25) is 19.7 Å². The van der Waals surface area contributed by atoms with E-state index in [2.05, 4.69) is 20.4 Å². The quantitative estimate of drug-likeness (QED) is 0.306. The Morgan fingerprint density at radius 2 is 1.85 bits per heavy atom. The number of rotatable bonds is 7. The molecule has 2 amide bonds. The Morgan fingerprint density at radius 3 is 2.53 bits per heavy atom. The van der Waals surface area contributed by atoms with Crippen molar-refractivity contribution in [3.63, 3.8) is 0 Å². The van der Waals surface area contributed by atoms with Gasteiger partial charge < -0.3 is 19.5 Å². The molecule has 2 heterocycles. The largest absolute Gasteiger partial charge is 0.411 e. The first-order valence-electron chi connectivity index (χ1n) is 10.5. The number of non-ortho nitro benzene ring substituents is 1. The van der Waals surface area contributed by atoms with Gasteiger partial charge in [-0.15, -0.1) is 10.2 Å². The van der Waals surface area contributed by atoms with E-state index >= 15 is 0 Å². The molecular weight excluding hydrogens is 460 g/mol. The lowest BCUT2D eigenvalue weighted by molar-refractivity contribution is -0.384. The van der Waals surface area contributed by atoms with Crippen LogP contribution < -0.4 is 10.2 Å². The van der Waals surface area contributed by atoms with Gasteiger partial charge in [-0.25, -0.2) is 0 Å². The van der Waals surface area contributed by atoms with Crippen LogP contribution in [0.2, 0.25) is 0 Å². The molecule has 12 heteroatoms. The first kappa shape index (κ1) is 23.2. The minimum Gasteiger partial charge on any atom is -0.411 e. The second kappa shape index (κ2) is 10.3.